The van der Waals surface area contributed by atoms with Crippen molar-refractivity contribution in [3.05, 3.63) is 45.8 Å². The molecule has 178 valence electrons. The van der Waals surface area contributed by atoms with Crippen molar-refractivity contribution < 1.29 is 13.9 Å². The highest BCUT2D eigenvalue weighted by molar-refractivity contribution is 7.99. The Hall–Kier alpha value is -1.78. The fourth-order valence-electron chi connectivity index (χ4n) is 4.07. The van der Waals surface area contributed by atoms with E-state index in [1.807, 2.05) is 5.38 Å². The van der Waals surface area contributed by atoms with Crippen LogP contribution in [0.3, 0.4) is 0 Å². The summed E-state index contributed by atoms with van der Waals surface area (Å²) in [5.74, 6) is 1.05. The molecule has 1 aliphatic heterocycles. The molecule has 0 N–H and O–H groups in total. The van der Waals surface area contributed by atoms with Gasteiger partial charge in [0.15, 0.2) is 5.16 Å². The average Bonchev–Trinajstić information content (AvgIpc) is 3.22. The number of thioether (sulfide) groups is 1. The summed E-state index contributed by atoms with van der Waals surface area (Å²) in [7, 11) is 1.62. The fraction of sp³-hybridized carbons (Fsp3) is 0.500. The molecule has 2 aromatic heterocycles. The molecule has 0 radical (unpaired) electrons. The monoisotopic (exact) mass is 491 g/mol. The van der Waals surface area contributed by atoms with Crippen molar-refractivity contribution >= 4 is 33.3 Å². The van der Waals surface area contributed by atoms with Gasteiger partial charge in [0, 0.05) is 43.4 Å². The number of nitrogens with zero attached hydrogens (tertiary/aromatic N) is 3. The third kappa shape index (κ3) is 5.84. The van der Waals surface area contributed by atoms with Gasteiger partial charge in [-0.05, 0) is 23.6 Å². The Labute approximate surface area is 201 Å². The summed E-state index contributed by atoms with van der Waals surface area (Å²) < 4.78 is 26.3. The normalized spacial score (nSPS) is 17.3. The number of aromatic nitrogens is 2. The van der Waals surface area contributed by atoms with Crippen molar-refractivity contribution in [1.29, 1.82) is 0 Å². The third-order valence-electron chi connectivity index (χ3n) is 5.58. The minimum atomic E-state index is -0.301. The molecule has 4 rings (SSSR count). The zero-order valence-electron chi connectivity index (χ0n) is 19.3. The predicted molar refractivity (Wildman–Crippen MR) is 133 cm³/mol. The van der Waals surface area contributed by atoms with Crippen molar-refractivity contribution in [2.75, 3.05) is 45.7 Å². The van der Waals surface area contributed by atoms with Crippen LogP contribution < -0.4 is 5.56 Å². The third-order valence-corrected chi connectivity index (χ3v) is 7.56. The van der Waals surface area contributed by atoms with E-state index in [-0.39, 0.29) is 17.5 Å². The molecular weight excluding hydrogens is 461 g/mol. The standard InChI is InChI=1S/C24H30FN3O3S2/c1-16(2)12-27-8-11-31-19(13-27)14-33-24-26-22-21(23(29)28(24)9-10-30-3)20(15-32-22)17-4-6-18(25)7-5-17/h4-7,15-16,19H,8-14H2,1-3H3/t19-/m1/s1. The SMILES string of the molecule is COCCn1c(SC[C@H]2CN(CC(C)C)CCO2)nc2scc(-c3ccc(F)cc3)c2c1=O. The van der Waals surface area contributed by atoms with E-state index in [0.717, 1.165) is 43.1 Å². The first-order chi connectivity index (χ1) is 16.0. The van der Waals surface area contributed by atoms with E-state index in [0.29, 0.717) is 34.4 Å². The lowest BCUT2D eigenvalue weighted by Crippen LogP contribution is -2.44. The van der Waals surface area contributed by atoms with Gasteiger partial charge in [0.1, 0.15) is 10.6 Å². The Morgan fingerprint density at radius 3 is 2.85 bits per heavy atom. The number of morpholine rings is 1. The molecule has 3 heterocycles. The van der Waals surface area contributed by atoms with E-state index < -0.39 is 0 Å². The second-order valence-corrected chi connectivity index (χ2v) is 10.5. The molecule has 1 aromatic carbocycles. The molecule has 9 heteroatoms. The van der Waals surface area contributed by atoms with Gasteiger partial charge in [0.2, 0.25) is 0 Å². The maximum atomic E-state index is 13.5. The highest BCUT2D eigenvalue weighted by Crippen LogP contribution is 2.32. The molecule has 0 bridgehead atoms. The first kappa shape index (κ1) is 24.3. The van der Waals surface area contributed by atoms with Crippen LogP contribution >= 0.6 is 23.1 Å². The predicted octanol–water partition coefficient (Wildman–Crippen LogP) is 4.36. The molecule has 3 aromatic rings. The summed E-state index contributed by atoms with van der Waals surface area (Å²) in [5.41, 5.74) is 1.50. The minimum absolute atomic E-state index is 0.0916. The summed E-state index contributed by atoms with van der Waals surface area (Å²) in [5, 5.41) is 3.18. The van der Waals surface area contributed by atoms with E-state index in [1.54, 1.807) is 35.6 Å². The lowest BCUT2D eigenvalue weighted by molar-refractivity contribution is -0.0191. The molecule has 0 unspecified atom stereocenters. The van der Waals surface area contributed by atoms with E-state index in [2.05, 4.69) is 18.7 Å². The minimum Gasteiger partial charge on any atom is -0.383 e. The quantitative estimate of drug-likeness (QED) is 0.328. The van der Waals surface area contributed by atoms with Crippen LogP contribution in [0.4, 0.5) is 4.39 Å². The topological polar surface area (TPSA) is 56.6 Å². The number of benzene rings is 1. The van der Waals surface area contributed by atoms with Gasteiger partial charge in [0.05, 0.1) is 31.2 Å². The van der Waals surface area contributed by atoms with Gasteiger partial charge in [-0.25, -0.2) is 9.37 Å². The van der Waals surface area contributed by atoms with Crippen molar-refractivity contribution in [2.45, 2.75) is 31.7 Å². The lowest BCUT2D eigenvalue weighted by atomic mass is 10.1. The smallest absolute Gasteiger partial charge is 0.263 e. The number of halogens is 1. The van der Waals surface area contributed by atoms with Gasteiger partial charge in [-0.3, -0.25) is 14.3 Å². The van der Waals surface area contributed by atoms with E-state index >= 15 is 0 Å². The first-order valence-corrected chi connectivity index (χ1v) is 13.1. The number of fused-ring (bicyclic) bond motifs is 1. The van der Waals surface area contributed by atoms with E-state index in [4.69, 9.17) is 14.5 Å². The molecule has 1 aliphatic rings. The molecule has 0 saturated carbocycles. The summed E-state index contributed by atoms with van der Waals surface area (Å²) in [6.07, 6.45) is 0.101. The Kier molecular flexibility index (Phi) is 8.19. The summed E-state index contributed by atoms with van der Waals surface area (Å²) >= 11 is 3.00. The number of ether oxygens (including phenoxy) is 2. The van der Waals surface area contributed by atoms with Crippen LogP contribution in [0.15, 0.2) is 39.6 Å². The van der Waals surface area contributed by atoms with Crippen LogP contribution in [-0.4, -0.2) is 66.3 Å². The summed E-state index contributed by atoms with van der Waals surface area (Å²) in [6.45, 7) is 8.94. The van der Waals surface area contributed by atoms with Crippen LogP contribution in [-0.2, 0) is 16.0 Å². The van der Waals surface area contributed by atoms with E-state index in [9.17, 15) is 9.18 Å². The van der Waals surface area contributed by atoms with Gasteiger partial charge in [-0.1, -0.05) is 37.7 Å². The molecule has 0 amide bonds. The largest absolute Gasteiger partial charge is 0.383 e. The van der Waals surface area contributed by atoms with E-state index in [1.165, 1.54) is 23.5 Å². The Bertz CT molecular complexity index is 1130. The molecule has 6 nitrogen and oxygen atoms in total. The van der Waals surface area contributed by atoms with Crippen molar-refractivity contribution in [3.8, 4) is 11.1 Å². The van der Waals surface area contributed by atoms with Gasteiger partial charge >= 0.3 is 0 Å². The van der Waals surface area contributed by atoms with Gasteiger partial charge in [0.25, 0.3) is 5.56 Å². The molecule has 1 atom stereocenters. The maximum Gasteiger partial charge on any atom is 0.263 e. The lowest BCUT2D eigenvalue weighted by Gasteiger charge is -2.33. The number of methoxy groups -OCH3 is 1. The first-order valence-electron chi connectivity index (χ1n) is 11.2. The van der Waals surface area contributed by atoms with Crippen LogP contribution in [0.1, 0.15) is 13.8 Å². The summed E-state index contributed by atoms with van der Waals surface area (Å²) in [6, 6.07) is 6.21. The van der Waals surface area contributed by atoms with Crippen molar-refractivity contribution in [3.63, 3.8) is 0 Å². The van der Waals surface area contributed by atoms with Crippen LogP contribution in [0.25, 0.3) is 21.3 Å². The van der Waals surface area contributed by atoms with Gasteiger partial charge in [-0.15, -0.1) is 11.3 Å². The van der Waals surface area contributed by atoms with Crippen LogP contribution in [0.5, 0.6) is 0 Å². The molecular formula is C24H30FN3O3S2. The number of rotatable bonds is 9. The molecule has 1 fully saturated rings. The highest BCUT2D eigenvalue weighted by atomic mass is 32.2. The maximum absolute atomic E-state index is 13.5. The molecule has 1 saturated heterocycles. The molecule has 0 spiro atoms. The Balaban J connectivity index is 1.61. The number of hydrogen-bond acceptors (Lipinski definition) is 7. The molecule has 33 heavy (non-hydrogen) atoms. The van der Waals surface area contributed by atoms with Gasteiger partial charge < -0.3 is 9.47 Å². The average molecular weight is 492 g/mol. The Morgan fingerprint density at radius 2 is 2.12 bits per heavy atom. The zero-order chi connectivity index (χ0) is 23.4. The second-order valence-electron chi connectivity index (χ2n) is 8.64. The van der Waals surface area contributed by atoms with Crippen molar-refractivity contribution in [2.24, 2.45) is 5.92 Å². The zero-order valence-corrected chi connectivity index (χ0v) is 20.9. The summed E-state index contributed by atoms with van der Waals surface area (Å²) in [4.78, 5) is 21.5. The van der Waals surface area contributed by atoms with Crippen molar-refractivity contribution in [1.82, 2.24) is 14.5 Å². The highest BCUT2D eigenvalue weighted by Gasteiger charge is 2.23. The molecule has 0 aliphatic carbocycles. The number of hydrogen-bond donors (Lipinski definition) is 0. The van der Waals surface area contributed by atoms with Crippen LogP contribution in [0, 0.1) is 11.7 Å². The Morgan fingerprint density at radius 1 is 1.33 bits per heavy atom. The second kappa shape index (κ2) is 11.1. The number of thiophene rings is 1. The van der Waals surface area contributed by atoms with Crippen LogP contribution in [0.2, 0.25) is 0 Å². The fourth-order valence-corrected chi connectivity index (χ4v) is 6.09. The van der Waals surface area contributed by atoms with Gasteiger partial charge in [-0.2, -0.15) is 0 Å².